The van der Waals surface area contributed by atoms with Crippen LogP contribution in [0, 0.1) is 17.8 Å². The third-order valence-corrected chi connectivity index (χ3v) is 5.87. The normalized spacial score (nSPS) is 12.8. The molecule has 0 radical (unpaired) electrons. The SMILES string of the molecule is CC(C)CCC(=O)N[C@H](C(=O)N[C@@H](CCCCN)C(=O)Nc1ccc(COC(=O)C(C)C)cc1)C(C)C. The average molecular weight is 519 g/mol. The number of hydrogen-bond donors (Lipinski definition) is 4. The molecule has 1 rings (SSSR count). The van der Waals surface area contributed by atoms with Crippen molar-refractivity contribution in [1.29, 1.82) is 0 Å². The van der Waals surface area contributed by atoms with Crippen molar-refractivity contribution in [2.24, 2.45) is 23.5 Å². The molecule has 0 bridgehead atoms. The number of amides is 3. The summed E-state index contributed by atoms with van der Waals surface area (Å²) in [6.45, 7) is 12.0. The van der Waals surface area contributed by atoms with Crippen molar-refractivity contribution in [2.45, 2.75) is 92.3 Å². The van der Waals surface area contributed by atoms with Crippen LogP contribution in [-0.2, 0) is 30.5 Å². The highest BCUT2D eigenvalue weighted by Gasteiger charge is 2.28. The van der Waals surface area contributed by atoms with Gasteiger partial charge in [0.15, 0.2) is 0 Å². The number of carbonyl (C=O) groups is 4. The van der Waals surface area contributed by atoms with E-state index in [1.54, 1.807) is 38.1 Å². The van der Waals surface area contributed by atoms with Gasteiger partial charge < -0.3 is 26.4 Å². The maximum absolute atomic E-state index is 13.1. The molecule has 0 aliphatic heterocycles. The van der Waals surface area contributed by atoms with E-state index >= 15 is 0 Å². The largest absolute Gasteiger partial charge is 0.461 e. The monoisotopic (exact) mass is 518 g/mol. The number of ether oxygens (including phenoxy) is 1. The summed E-state index contributed by atoms with van der Waals surface area (Å²) in [7, 11) is 0. The Hall–Kier alpha value is -2.94. The summed E-state index contributed by atoms with van der Waals surface area (Å²) < 4.78 is 5.23. The first kappa shape index (κ1) is 32.1. The number of nitrogens with two attached hydrogens (primary N) is 1. The second-order valence-electron chi connectivity index (χ2n) is 10.5. The summed E-state index contributed by atoms with van der Waals surface area (Å²) >= 11 is 0. The Morgan fingerprint density at radius 1 is 0.865 bits per heavy atom. The van der Waals surface area contributed by atoms with Crippen molar-refractivity contribution in [2.75, 3.05) is 11.9 Å². The van der Waals surface area contributed by atoms with Crippen molar-refractivity contribution in [3.05, 3.63) is 29.8 Å². The third kappa shape index (κ3) is 12.7. The van der Waals surface area contributed by atoms with Crippen LogP contribution in [0.25, 0.3) is 0 Å². The maximum Gasteiger partial charge on any atom is 0.308 e. The van der Waals surface area contributed by atoms with E-state index in [2.05, 4.69) is 16.0 Å². The van der Waals surface area contributed by atoms with Gasteiger partial charge in [0.05, 0.1) is 5.92 Å². The Bertz CT molecular complexity index is 868. The zero-order chi connectivity index (χ0) is 28.0. The zero-order valence-corrected chi connectivity index (χ0v) is 23.3. The van der Waals surface area contributed by atoms with Crippen LogP contribution in [0.1, 0.15) is 79.2 Å². The van der Waals surface area contributed by atoms with Crippen LogP contribution in [0.3, 0.4) is 0 Å². The summed E-state index contributed by atoms with van der Waals surface area (Å²) in [4.78, 5) is 50.2. The fourth-order valence-corrected chi connectivity index (χ4v) is 3.46. The first-order valence-electron chi connectivity index (χ1n) is 13.3. The summed E-state index contributed by atoms with van der Waals surface area (Å²) in [5, 5.41) is 8.51. The highest BCUT2D eigenvalue weighted by Crippen LogP contribution is 2.14. The molecule has 3 amide bonds. The molecular formula is C28H46N4O5. The first-order valence-corrected chi connectivity index (χ1v) is 13.3. The van der Waals surface area contributed by atoms with Crippen LogP contribution in [0.5, 0.6) is 0 Å². The molecule has 0 spiro atoms. The van der Waals surface area contributed by atoms with E-state index in [0.29, 0.717) is 37.4 Å². The highest BCUT2D eigenvalue weighted by molar-refractivity contribution is 5.98. The molecule has 9 heteroatoms. The summed E-state index contributed by atoms with van der Waals surface area (Å²) in [6, 6.07) is 5.47. The van der Waals surface area contributed by atoms with Crippen molar-refractivity contribution in [3.8, 4) is 0 Å². The number of hydrogen-bond acceptors (Lipinski definition) is 6. The number of nitrogens with one attached hydrogen (secondary N) is 3. The van der Waals surface area contributed by atoms with E-state index in [9.17, 15) is 19.2 Å². The molecule has 0 aliphatic rings. The van der Waals surface area contributed by atoms with Crippen LogP contribution in [0.15, 0.2) is 24.3 Å². The second-order valence-corrected chi connectivity index (χ2v) is 10.5. The third-order valence-electron chi connectivity index (χ3n) is 5.87. The smallest absolute Gasteiger partial charge is 0.308 e. The topological polar surface area (TPSA) is 140 Å². The lowest BCUT2D eigenvalue weighted by molar-refractivity contribution is -0.148. The fraction of sp³-hybridized carbons (Fsp3) is 0.643. The van der Waals surface area contributed by atoms with E-state index in [1.165, 1.54) is 0 Å². The summed E-state index contributed by atoms with van der Waals surface area (Å²) in [5.74, 6) is -1.14. The molecule has 0 aromatic heterocycles. The van der Waals surface area contributed by atoms with Crippen LogP contribution in [-0.4, -0.2) is 42.3 Å². The molecule has 0 fully saturated rings. The fourth-order valence-electron chi connectivity index (χ4n) is 3.46. The molecule has 0 heterocycles. The van der Waals surface area contributed by atoms with Gasteiger partial charge in [-0.2, -0.15) is 0 Å². The van der Waals surface area contributed by atoms with Gasteiger partial charge >= 0.3 is 5.97 Å². The standard InChI is InChI=1S/C28H46N4O5/c1-18(2)10-15-24(33)32-25(19(3)4)27(35)31-23(9-7-8-16-29)26(34)30-22-13-11-21(12-14-22)17-37-28(36)20(5)6/h11-14,18-20,23,25H,7-10,15-17,29H2,1-6H3,(H,30,34)(H,31,35)(H,32,33)/t23-,25-/m0/s1. The quantitative estimate of drug-likeness (QED) is 0.195. The molecule has 0 aliphatic carbocycles. The molecule has 2 atom stereocenters. The van der Waals surface area contributed by atoms with Gasteiger partial charge in [0, 0.05) is 12.1 Å². The summed E-state index contributed by atoms with van der Waals surface area (Å²) in [6.07, 6.45) is 2.90. The Morgan fingerprint density at radius 3 is 2.05 bits per heavy atom. The molecule has 9 nitrogen and oxygen atoms in total. The predicted octanol–water partition coefficient (Wildman–Crippen LogP) is 3.52. The van der Waals surface area contributed by atoms with Gasteiger partial charge in [0.25, 0.3) is 0 Å². The molecule has 1 aromatic carbocycles. The van der Waals surface area contributed by atoms with Gasteiger partial charge in [-0.3, -0.25) is 19.2 Å². The molecule has 208 valence electrons. The van der Waals surface area contributed by atoms with Crippen molar-refractivity contribution >= 4 is 29.4 Å². The van der Waals surface area contributed by atoms with Crippen LogP contribution >= 0.6 is 0 Å². The molecule has 0 saturated heterocycles. The van der Waals surface area contributed by atoms with Crippen LogP contribution in [0.4, 0.5) is 5.69 Å². The van der Waals surface area contributed by atoms with E-state index in [4.69, 9.17) is 10.5 Å². The van der Waals surface area contributed by atoms with Gasteiger partial charge in [-0.25, -0.2) is 0 Å². The second kappa shape index (κ2) is 16.7. The minimum absolute atomic E-state index is 0.145. The Kier molecular flexibility index (Phi) is 14.5. The first-order chi connectivity index (χ1) is 17.4. The number of anilines is 1. The Morgan fingerprint density at radius 2 is 1.51 bits per heavy atom. The number of unbranched alkanes of at least 4 members (excludes halogenated alkanes) is 1. The van der Waals surface area contributed by atoms with E-state index < -0.39 is 12.1 Å². The lowest BCUT2D eigenvalue weighted by Crippen LogP contribution is -2.54. The lowest BCUT2D eigenvalue weighted by atomic mass is 10.0. The van der Waals surface area contributed by atoms with Crippen molar-refractivity contribution < 1.29 is 23.9 Å². The van der Waals surface area contributed by atoms with E-state index in [1.807, 2.05) is 27.7 Å². The number of esters is 1. The predicted molar refractivity (Wildman–Crippen MR) is 145 cm³/mol. The minimum atomic E-state index is -0.778. The minimum Gasteiger partial charge on any atom is -0.461 e. The average Bonchev–Trinajstić information content (AvgIpc) is 2.84. The maximum atomic E-state index is 13.1. The highest BCUT2D eigenvalue weighted by atomic mass is 16.5. The lowest BCUT2D eigenvalue weighted by Gasteiger charge is -2.25. The molecule has 37 heavy (non-hydrogen) atoms. The summed E-state index contributed by atoms with van der Waals surface area (Å²) in [5.41, 5.74) is 6.97. The van der Waals surface area contributed by atoms with Gasteiger partial charge in [0.2, 0.25) is 17.7 Å². The molecule has 0 saturated carbocycles. The molecule has 0 unspecified atom stereocenters. The van der Waals surface area contributed by atoms with Gasteiger partial charge in [0.1, 0.15) is 18.7 Å². The molecule has 1 aromatic rings. The van der Waals surface area contributed by atoms with Gasteiger partial charge in [-0.1, -0.05) is 53.7 Å². The van der Waals surface area contributed by atoms with Crippen LogP contribution in [0.2, 0.25) is 0 Å². The number of rotatable bonds is 16. The van der Waals surface area contributed by atoms with E-state index in [-0.39, 0.29) is 42.1 Å². The van der Waals surface area contributed by atoms with Gasteiger partial charge in [-0.15, -0.1) is 0 Å². The van der Waals surface area contributed by atoms with E-state index in [0.717, 1.165) is 18.4 Å². The van der Waals surface area contributed by atoms with Crippen molar-refractivity contribution in [1.82, 2.24) is 10.6 Å². The van der Waals surface area contributed by atoms with Gasteiger partial charge in [-0.05, 0) is 61.8 Å². The van der Waals surface area contributed by atoms with Crippen LogP contribution < -0.4 is 21.7 Å². The van der Waals surface area contributed by atoms with Crippen molar-refractivity contribution in [3.63, 3.8) is 0 Å². The Labute approximate surface area is 221 Å². The molecule has 5 N–H and O–H groups in total. The Balaban J connectivity index is 2.84. The molecular weight excluding hydrogens is 472 g/mol. The zero-order valence-electron chi connectivity index (χ0n) is 23.3. The number of carbonyl (C=O) groups excluding carboxylic acids is 4. The number of benzene rings is 1.